The molecule has 0 saturated heterocycles. The zero-order chi connectivity index (χ0) is 73.5. The molecule has 560 valence electrons. The predicted octanol–water partition coefficient (Wildman–Crippen LogP) is 9.42. The van der Waals surface area contributed by atoms with Crippen LogP contribution in [0.4, 0.5) is 0 Å². The van der Waals surface area contributed by atoms with Crippen LogP contribution in [0.5, 0.6) is 0 Å². The minimum Gasteiger partial charge on any atom is -0.574 e. The summed E-state index contributed by atoms with van der Waals surface area (Å²) >= 11 is 0. The Kier molecular flexibility index (Phi) is 36.5. The van der Waals surface area contributed by atoms with E-state index < -0.39 is 0 Å². The van der Waals surface area contributed by atoms with Gasteiger partial charge >= 0.3 is 84.3 Å². The number of aromatic nitrogens is 32. The third-order valence-electron chi connectivity index (χ3n) is 13.9. The Morgan fingerprint density at radius 3 is 0.648 bits per heavy atom. The summed E-state index contributed by atoms with van der Waals surface area (Å²) in [6.45, 7) is 24.8. The molecule has 0 atom stereocenters. The smallest absolute Gasteiger partial charge is 0.574 e. The average Bonchev–Trinajstić information content (AvgIpc) is 1.70. The fraction of sp³-hybridized carbons (Fsp3) is 0.222. The molecular formula is C72H72N32Pt4. The molecule has 0 aromatic carbocycles. The van der Waals surface area contributed by atoms with Crippen LogP contribution in [-0.4, -0.2) is 121 Å². The van der Waals surface area contributed by atoms with Crippen molar-refractivity contribution in [2.45, 2.75) is 106 Å². The Morgan fingerprint density at radius 2 is 0.472 bits per heavy atom. The normalized spacial score (nSPS) is 10.3. The van der Waals surface area contributed by atoms with E-state index in [1.807, 2.05) is 98.8 Å². The molecule has 0 aliphatic carbocycles. The molecule has 16 aromatic heterocycles. The molecule has 108 heavy (non-hydrogen) atoms. The van der Waals surface area contributed by atoms with Gasteiger partial charge in [-0.15, -0.1) is 0 Å². The van der Waals surface area contributed by atoms with Crippen LogP contribution >= 0.6 is 0 Å². The summed E-state index contributed by atoms with van der Waals surface area (Å²) in [6.07, 6.45) is 28.8. The molecule has 0 N–H and O–H groups in total. The van der Waals surface area contributed by atoms with E-state index in [-0.39, 0.29) is 95.1 Å². The molecule has 0 aliphatic heterocycles. The van der Waals surface area contributed by atoms with Gasteiger partial charge in [-0.3, -0.25) is 0 Å². The van der Waals surface area contributed by atoms with E-state index in [4.69, 9.17) is 0 Å². The van der Waals surface area contributed by atoms with Crippen LogP contribution in [0.2, 0.25) is 0 Å². The Hall–Kier alpha value is -10.9. The van der Waals surface area contributed by atoms with Crippen molar-refractivity contribution < 1.29 is 84.3 Å². The Labute approximate surface area is 680 Å². The van der Waals surface area contributed by atoms with Gasteiger partial charge in [0.1, 0.15) is 50.6 Å². The minimum atomic E-state index is 0. The molecule has 0 saturated carbocycles. The molecule has 36 heteroatoms. The second-order valence-electron chi connectivity index (χ2n) is 24.7. The van der Waals surface area contributed by atoms with Gasteiger partial charge in [-0.25, -0.2) is 79.7 Å². The van der Waals surface area contributed by atoms with Crippen molar-refractivity contribution in [1.82, 2.24) is 161 Å². The maximum atomic E-state index is 4.15. The topological polar surface area (TPSA) is 422 Å². The summed E-state index contributed by atoms with van der Waals surface area (Å²) in [6, 6.07) is 29.8. The number of nitrogens with zero attached hydrogens (tertiary/aromatic N) is 32. The molecule has 0 bridgehead atoms. The maximum absolute atomic E-state index is 4.15. The average molecular weight is 2170 g/mol. The summed E-state index contributed by atoms with van der Waals surface area (Å²) in [5, 5.41) is 63.6. The van der Waals surface area contributed by atoms with E-state index in [2.05, 4.69) is 231 Å². The number of aryl methyl sites for hydroxylation is 2. The zero-order valence-electron chi connectivity index (χ0n) is 60.4. The van der Waals surface area contributed by atoms with Crippen LogP contribution in [0.25, 0.3) is 91.1 Å². The van der Waals surface area contributed by atoms with Crippen molar-refractivity contribution >= 4 is 0 Å². The first-order valence-corrected chi connectivity index (χ1v) is 32.3. The van der Waals surface area contributed by atoms with Gasteiger partial charge in [0.25, 0.3) is 0 Å². The van der Waals surface area contributed by atoms with Crippen molar-refractivity contribution in [2.24, 2.45) is 0 Å². The van der Waals surface area contributed by atoms with Crippen LogP contribution in [-0.2, 0) is 95.1 Å². The van der Waals surface area contributed by atoms with Crippen LogP contribution in [0.15, 0.2) is 210 Å². The molecule has 0 amide bonds. The van der Waals surface area contributed by atoms with Crippen molar-refractivity contribution in [2.75, 3.05) is 0 Å². The molecule has 0 aliphatic rings. The third-order valence-corrected chi connectivity index (χ3v) is 13.9. The molecule has 0 radical (unpaired) electrons. The fourth-order valence-corrected chi connectivity index (χ4v) is 8.31. The van der Waals surface area contributed by atoms with Gasteiger partial charge in [0, 0.05) is 107 Å². The molecule has 0 fully saturated rings. The zero-order valence-corrected chi connectivity index (χ0v) is 69.4. The van der Waals surface area contributed by atoms with Gasteiger partial charge in [0.05, 0.1) is 45.6 Å². The second-order valence-corrected chi connectivity index (χ2v) is 24.7. The van der Waals surface area contributed by atoms with Crippen LogP contribution in [0, 0.1) is 13.8 Å². The SMILES string of the molecule is CC(C)(C)c1cc(-c2ccncn2)[n-]n1.CC(C)(C)c1cc(-c2ccncn2)[n-]n1.CC(C)c1cc(-c2ccncn2)[n-]n1.CC(C)c1cc(-c2ccncn2)[n-]n1.Cc1cc(-c2ccncn2)[n-]n1.Cc1cc(-c2ccncn2)[n-]n1.[Pt+2].[Pt+2].[Pt+2].[Pt+2].c1cc(-c2ccn[n-]2)ncn1.c1cc(-c2ccn[n-]2)ncn1. The minimum absolute atomic E-state index is 0. The van der Waals surface area contributed by atoms with Gasteiger partial charge in [-0.05, 0) is 74.2 Å². The Balaban J connectivity index is 0.000000221. The Morgan fingerprint density at radius 1 is 0.250 bits per heavy atom. The van der Waals surface area contributed by atoms with Crippen molar-refractivity contribution in [3.8, 4) is 91.1 Å². The van der Waals surface area contributed by atoms with Gasteiger partial charge < -0.3 is 81.6 Å². The van der Waals surface area contributed by atoms with E-state index in [0.29, 0.717) is 11.8 Å². The van der Waals surface area contributed by atoms with E-state index in [1.165, 1.54) is 50.6 Å². The van der Waals surface area contributed by atoms with Gasteiger partial charge in [-0.1, -0.05) is 163 Å². The Bertz CT molecular complexity index is 4640. The van der Waals surface area contributed by atoms with Crippen molar-refractivity contribution in [3.05, 3.63) is 244 Å². The molecule has 0 spiro atoms. The van der Waals surface area contributed by atoms with Crippen LogP contribution in [0.3, 0.4) is 0 Å². The molecular weight excluding hydrogens is 2090 g/mol. The first kappa shape index (κ1) is 87.7. The van der Waals surface area contributed by atoms with Gasteiger partial charge in [0.15, 0.2) is 0 Å². The second kappa shape index (κ2) is 44.9. The standard InChI is InChI=1S/2C11H13N4.2C10H11N4.2C8H7N4.2C7H5N4.4Pt/c2*1-11(2,3)10-6-9(14-15-10)8-4-5-12-7-13-8;2*1-7(2)9-5-10(14-13-9)8-3-4-11-6-12-8;2*1-6-4-8(12-11-6)7-2-3-9-5-10-7;2*1-3-8-5-9-6(1)7-2-4-10-11-7;;;;/h2*4-7H,1-3H3;2*3-7H,1-2H3;2*2-5H,1H3;2*1-5H;;;;/q8*-1;4*+2. The number of hydrogen-bond donors (Lipinski definition) is 0. The molecule has 16 rings (SSSR count). The summed E-state index contributed by atoms with van der Waals surface area (Å²) < 4.78 is 0. The quantitative estimate of drug-likeness (QED) is 0.123. The summed E-state index contributed by atoms with van der Waals surface area (Å²) in [4.78, 5) is 63.3. The number of rotatable bonds is 10. The van der Waals surface area contributed by atoms with E-state index in [1.54, 1.807) is 74.1 Å². The van der Waals surface area contributed by atoms with Gasteiger partial charge in [-0.2, -0.15) is 0 Å². The monoisotopic (exact) mass is 2160 g/mol. The summed E-state index contributed by atoms with van der Waals surface area (Å²) in [7, 11) is 0. The van der Waals surface area contributed by atoms with Gasteiger partial charge in [0.2, 0.25) is 0 Å². The number of hydrogen-bond acceptors (Lipinski definition) is 24. The van der Waals surface area contributed by atoms with Crippen molar-refractivity contribution in [1.29, 1.82) is 0 Å². The van der Waals surface area contributed by atoms with Crippen molar-refractivity contribution in [3.63, 3.8) is 0 Å². The third kappa shape index (κ3) is 28.1. The van der Waals surface area contributed by atoms with Crippen LogP contribution < -0.4 is 40.8 Å². The van der Waals surface area contributed by atoms with E-state index >= 15 is 0 Å². The first-order chi connectivity index (χ1) is 50.3. The molecule has 32 nitrogen and oxygen atoms in total. The largest absolute Gasteiger partial charge is 2.00 e. The fourth-order valence-electron chi connectivity index (χ4n) is 8.31. The van der Waals surface area contributed by atoms with Crippen LogP contribution in [0.1, 0.15) is 115 Å². The predicted molar refractivity (Wildman–Crippen MR) is 384 cm³/mol. The first-order valence-electron chi connectivity index (χ1n) is 32.3. The summed E-state index contributed by atoms with van der Waals surface area (Å²) in [5.74, 6) is 0.802. The maximum Gasteiger partial charge on any atom is 2.00 e. The molecule has 16 heterocycles. The summed E-state index contributed by atoms with van der Waals surface area (Å²) in [5.41, 5.74) is 18.7. The molecule has 0 unspecified atom stereocenters. The molecule has 16 aromatic rings. The van der Waals surface area contributed by atoms with E-state index in [0.717, 1.165) is 125 Å². The van der Waals surface area contributed by atoms with E-state index in [9.17, 15) is 0 Å².